The number of unbranched alkanes of at least 4 members (excludes halogenated alkanes) is 1. The molecule has 102 valence electrons. The van der Waals surface area contributed by atoms with E-state index in [4.69, 9.17) is 0 Å². The highest BCUT2D eigenvalue weighted by molar-refractivity contribution is 5.71. The second-order valence-corrected chi connectivity index (χ2v) is 4.68. The number of benzene rings is 1. The van der Waals surface area contributed by atoms with Crippen molar-refractivity contribution >= 4 is 22.8 Å². The molecular weight excluding hydrogens is 250 g/mol. The lowest BCUT2D eigenvalue weighted by atomic mass is 10.3. The number of hydrogen-bond acceptors (Lipinski definition) is 4. The third-order valence-corrected chi connectivity index (χ3v) is 3.14. The summed E-state index contributed by atoms with van der Waals surface area (Å²) in [4.78, 5) is 13.2. The van der Waals surface area contributed by atoms with Crippen LogP contribution in [0.15, 0.2) is 42.9 Å². The molecule has 0 aliphatic heterocycles. The van der Waals surface area contributed by atoms with Crippen LogP contribution < -0.4 is 5.32 Å². The highest BCUT2D eigenvalue weighted by Gasteiger charge is 2.06. The normalized spacial score (nSPS) is 10.8. The van der Waals surface area contributed by atoms with Crippen molar-refractivity contribution in [2.45, 2.75) is 26.3 Å². The third kappa shape index (κ3) is 2.61. The Labute approximate surface area is 117 Å². The molecule has 2 heterocycles. The molecule has 0 fully saturated rings. The monoisotopic (exact) mass is 267 g/mol. The molecule has 0 saturated heterocycles. The fourth-order valence-corrected chi connectivity index (χ4v) is 2.06. The SMILES string of the molecule is CCCCn1cnc2cnc(Nc3ccccc3)nc21. The predicted octanol–water partition coefficient (Wildman–Crippen LogP) is 3.37. The standard InChI is InChI=1S/C15H17N5/c1-2-3-9-20-11-17-13-10-16-15(19-14(13)20)18-12-7-5-4-6-8-12/h4-8,10-11H,2-3,9H2,1H3,(H,16,18,19). The van der Waals surface area contributed by atoms with Gasteiger partial charge in [-0.25, -0.2) is 9.97 Å². The van der Waals surface area contributed by atoms with Crippen molar-refractivity contribution in [1.29, 1.82) is 0 Å². The number of para-hydroxylation sites is 1. The first-order valence-corrected chi connectivity index (χ1v) is 6.87. The zero-order valence-corrected chi connectivity index (χ0v) is 11.5. The lowest BCUT2D eigenvalue weighted by molar-refractivity contribution is 0.642. The van der Waals surface area contributed by atoms with E-state index in [-0.39, 0.29) is 0 Å². The number of imidazole rings is 1. The van der Waals surface area contributed by atoms with Gasteiger partial charge in [0, 0.05) is 12.2 Å². The first-order chi connectivity index (χ1) is 9.86. The van der Waals surface area contributed by atoms with Crippen molar-refractivity contribution in [1.82, 2.24) is 19.5 Å². The van der Waals surface area contributed by atoms with E-state index >= 15 is 0 Å². The Morgan fingerprint density at radius 3 is 2.80 bits per heavy atom. The van der Waals surface area contributed by atoms with Crippen LogP contribution in [0, 0.1) is 0 Å². The molecule has 0 aliphatic rings. The Hall–Kier alpha value is -2.43. The predicted molar refractivity (Wildman–Crippen MR) is 80.0 cm³/mol. The molecule has 5 nitrogen and oxygen atoms in total. The van der Waals surface area contributed by atoms with Gasteiger partial charge in [-0.2, -0.15) is 4.98 Å². The summed E-state index contributed by atoms with van der Waals surface area (Å²) in [6.45, 7) is 3.12. The van der Waals surface area contributed by atoms with Crippen LogP contribution in [0.4, 0.5) is 11.6 Å². The maximum absolute atomic E-state index is 4.56. The van der Waals surface area contributed by atoms with Gasteiger partial charge in [0.2, 0.25) is 5.95 Å². The molecule has 0 spiro atoms. The van der Waals surface area contributed by atoms with Gasteiger partial charge in [0.15, 0.2) is 5.65 Å². The Morgan fingerprint density at radius 2 is 2.00 bits per heavy atom. The van der Waals surface area contributed by atoms with Crippen LogP contribution in [0.5, 0.6) is 0 Å². The van der Waals surface area contributed by atoms with Crippen molar-refractivity contribution in [3.8, 4) is 0 Å². The first-order valence-electron chi connectivity index (χ1n) is 6.87. The van der Waals surface area contributed by atoms with E-state index in [0.29, 0.717) is 5.95 Å². The van der Waals surface area contributed by atoms with Gasteiger partial charge >= 0.3 is 0 Å². The molecule has 3 rings (SSSR count). The van der Waals surface area contributed by atoms with E-state index in [1.807, 2.05) is 36.7 Å². The maximum atomic E-state index is 4.56. The van der Waals surface area contributed by atoms with Crippen LogP contribution in [0.25, 0.3) is 11.2 Å². The van der Waals surface area contributed by atoms with Crippen LogP contribution in [0.1, 0.15) is 19.8 Å². The molecule has 5 heteroatoms. The van der Waals surface area contributed by atoms with Gasteiger partial charge in [0.05, 0.1) is 12.5 Å². The number of anilines is 2. The van der Waals surface area contributed by atoms with Crippen LogP contribution in [-0.2, 0) is 6.54 Å². The molecule has 2 aromatic heterocycles. The van der Waals surface area contributed by atoms with Gasteiger partial charge in [-0.05, 0) is 18.6 Å². The van der Waals surface area contributed by atoms with Gasteiger partial charge in [0.25, 0.3) is 0 Å². The third-order valence-electron chi connectivity index (χ3n) is 3.14. The summed E-state index contributed by atoms with van der Waals surface area (Å²) in [6, 6.07) is 9.91. The van der Waals surface area contributed by atoms with Crippen LogP contribution in [0.3, 0.4) is 0 Å². The summed E-state index contributed by atoms with van der Waals surface area (Å²) in [5.74, 6) is 0.599. The topological polar surface area (TPSA) is 55.6 Å². The Morgan fingerprint density at radius 1 is 1.15 bits per heavy atom. The second kappa shape index (κ2) is 5.69. The summed E-state index contributed by atoms with van der Waals surface area (Å²) >= 11 is 0. The fourth-order valence-electron chi connectivity index (χ4n) is 2.06. The summed E-state index contributed by atoms with van der Waals surface area (Å²) < 4.78 is 2.08. The first kappa shape index (κ1) is 12.6. The van der Waals surface area contributed by atoms with Crippen LogP contribution in [0.2, 0.25) is 0 Å². The lowest BCUT2D eigenvalue weighted by Crippen LogP contribution is -2.01. The van der Waals surface area contributed by atoms with Gasteiger partial charge < -0.3 is 9.88 Å². The van der Waals surface area contributed by atoms with Crippen molar-refractivity contribution < 1.29 is 0 Å². The minimum absolute atomic E-state index is 0.599. The van der Waals surface area contributed by atoms with Crippen molar-refractivity contribution in [2.24, 2.45) is 0 Å². The molecule has 20 heavy (non-hydrogen) atoms. The zero-order valence-electron chi connectivity index (χ0n) is 11.5. The van der Waals surface area contributed by atoms with Crippen molar-refractivity contribution in [3.05, 3.63) is 42.9 Å². The Bertz CT molecular complexity index is 690. The number of fused-ring (bicyclic) bond motifs is 1. The van der Waals surface area contributed by atoms with Crippen molar-refractivity contribution in [2.75, 3.05) is 5.32 Å². The van der Waals surface area contributed by atoms with E-state index in [0.717, 1.165) is 36.2 Å². The molecule has 0 bridgehead atoms. The van der Waals surface area contributed by atoms with Gasteiger partial charge in [0.1, 0.15) is 5.52 Å². The molecule has 0 saturated carbocycles. The molecule has 1 aromatic carbocycles. The molecule has 0 amide bonds. The fraction of sp³-hybridized carbons (Fsp3) is 0.267. The summed E-state index contributed by atoms with van der Waals surface area (Å²) in [7, 11) is 0. The van der Waals surface area contributed by atoms with Crippen LogP contribution >= 0.6 is 0 Å². The highest BCUT2D eigenvalue weighted by Crippen LogP contribution is 2.16. The van der Waals surface area contributed by atoms with Gasteiger partial charge in [-0.3, -0.25) is 0 Å². The highest BCUT2D eigenvalue weighted by atomic mass is 15.2. The minimum Gasteiger partial charge on any atom is -0.324 e. The largest absolute Gasteiger partial charge is 0.324 e. The van der Waals surface area contributed by atoms with E-state index < -0.39 is 0 Å². The van der Waals surface area contributed by atoms with Crippen molar-refractivity contribution in [3.63, 3.8) is 0 Å². The summed E-state index contributed by atoms with van der Waals surface area (Å²) in [5.41, 5.74) is 2.69. The minimum atomic E-state index is 0.599. The maximum Gasteiger partial charge on any atom is 0.229 e. The second-order valence-electron chi connectivity index (χ2n) is 4.68. The lowest BCUT2D eigenvalue weighted by Gasteiger charge is -2.05. The number of aryl methyl sites for hydroxylation is 1. The number of rotatable bonds is 5. The molecule has 1 N–H and O–H groups in total. The van der Waals surface area contributed by atoms with E-state index in [2.05, 4.69) is 31.8 Å². The number of hydrogen-bond donors (Lipinski definition) is 1. The summed E-state index contributed by atoms with van der Waals surface area (Å²) in [5, 5.41) is 3.21. The molecule has 0 aliphatic carbocycles. The molecule has 0 unspecified atom stereocenters. The number of nitrogens with one attached hydrogen (secondary N) is 1. The smallest absolute Gasteiger partial charge is 0.229 e. The van der Waals surface area contributed by atoms with Crippen LogP contribution in [-0.4, -0.2) is 19.5 Å². The Balaban J connectivity index is 1.89. The van der Waals surface area contributed by atoms with E-state index in [9.17, 15) is 0 Å². The quantitative estimate of drug-likeness (QED) is 0.770. The summed E-state index contributed by atoms with van der Waals surface area (Å²) in [6.07, 6.45) is 5.87. The zero-order chi connectivity index (χ0) is 13.8. The molecular formula is C15H17N5. The van der Waals surface area contributed by atoms with E-state index in [1.165, 1.54) is 0 Å². The van der Waals surface area contributed by atoms with Gasteiger partial charge in [-0.15, -0.1) is 0 Å². The molecule has 0 radical (unpaired) electrons. The Kier molecular flexibility index (Phi) is 3.58. The number of nitrogens with zero attached hydrogens (tertiary/aromatic N) is 4. The van der Waals surface area contributed by atoms with E-state index in [1.54, 1.807) is 6.20 Å². The average molecular weight is 267 g/mol. The average Bonchev–Trinajstić information content (AvgIpc) is 2.89. The van der Waals surface area contributed by atoms with Gasteiger partial charge in [-0.1, -0.05) is 31.5 Å². The molecule has 3 aromatic rings. The molecule has 0 atom stereocenters. The number of aromatic nitrogens is 4.